The number of carbonyl (C=O) groups is 2. The molecule has 0 aliphatic heterocycles. The largest absolute Gasteiger partial charge is 0.478 e. The van der Waals surface area contributed by atoms with Crippen LogP contribution in [-0.4, -0.2) is 29.6 Å². The molecule has 0 unspecified atom stereocenters. The number of benzene rings is 1. The van der Waals surface area contributed by atoms with E-state index < -0.39 is 23.3 Å². The summed E-state index contributed by atoms with van der Waals surface area (Å²) in [5.41, 5.74) is -0.576. The lowest BCUT2D eigenvalue weighted by atomic mass is 10.1. The fourth-order valence-corrected chi connectivity index (χ4v) is 1.34. The molecule has 1 aromatic carbocycles. The summed E-state index contributed by atoms with van der Waals surface area (Å²) in [5.74, 6) is -2.71. The number of amides is 1. The average molecular weight is 254 g/mol. The van der Waals surface area contributed by atoms with E-state index in [-0.39, 0.29) is 18.3 Å². The second-order valence-electron chi connectivity index (χ2n) is 4.05. The standard InChI is InChI=1S/C12H15FN2O3/c1-7(2)14-6-10(16)15-9-5-3-4-8(13)11(9)12(17)18/h3-5,7,14H,6H2,1-2H3,(H,15,16)(H,17,18). The molecule has 6 heteroatoms. The Labute approximate surface area is 104 Å². The molecule has 0 aliphatic rings. The Morgan fingerprint density at radius 1 is 1.39 bits per heavy atom. The van der Waals surface area contributed by atoms with Gasteiger partial charge in [-0.15, -0.1) is 0 Å². The summed E-state index contributed by atoms with van der Waals surface area (Å²) in [7, 11) is 0. The van der Waals surface area contributed by atoms with Crippen LogP contribution in [0.2, 0.25) is 0 Å². The van der Waals surface area contributed by atoms with E-state index in [2.05, 4.69) is 10.6 Å². The highest BCUT2D eigenvalue weighted by Gasteiger charge is 2.17. The molecule has 1 aromatic rings. The van der Waals surface area contributed by atoms with Gasteiger partial charge >= 0.3 is 5.97 Å². The van der Waals surface area contributed by atoms with Gasteiger partial charge in [0.15, 0.2) is 0 Å². The minimum absolute atomic E-state index is 0.0350. The smallest absolute Gasteiger partial charge is 0.340 e. The summed E-state index contributed by atoms with van der Waals surface area (Å²) >= 11 is 0. The summed E-state index contributed by atoms with van der Waals surface area (Å²) in [6.07, 6.45) is 0. The van der Waals surface area contributed by atoms with Crippen LogP contribution < -0.4 is 10.6 Å². The van der Waals surface area contributed by atoms with Crippen LogP contribution in [-0.2, 0) is 4.79 Å². The van der Waals surface area contributed by atoms with E-state index in [1.54, 1.807) is 0 Å². The monoisotopic (exact) mass is 254 g/mol. The number of anilines is 1. The number of hydrogen-bond acceptors (Lipinski definition) is 3. The Morgan fingerprint density at radius 2 is 2.06 bits per heavy atom. The third-order valence-electron chi connectivity index (χ3n) is 2.17. The third kappa shape index (κ3) is 3.81. The number of nitrogens with one attached hydrogen (secondary N) is 2. The minimum atomic E-state index is -1.42. The topological polar surface area (TPSA) is 78.4 Å². The summed E-state index contributed by atoms with van der Waals surface area (Å²) in [5, 5.41) is 14.1. The Bertz CT molecular complexity index is 461. The molecule has 0 atom stereocenters. The second-order valence-corrected chi connectivity index (χ2v) is 4.05. The molecule has 0 saturated heterocycles. The number of aromatic carboxylic acids is 1. The van der Waals surface area contributed by atoms with Gasteiger partial charge in [-0.1, -0.05) is 19.9 Å². The first kappa shape index (κ1) is 14.1. The summed E-state index contributed by atoms with van der Waals surface area (Å²) < 4.78 is 13.3. The fraction of sp³-hybridized carbons (Fsp3) is 0.333. The summed E-state index contributed by atoms with van der Waals surface area (Å²) in [4.78, 5) is 22.4. The van der Waals surface area contributed by atoms with Crippen molar-refractivity contribution in [3.05, 3.63) is 29.6 Å². The van der Waals surface area contributed by atoms with E-state index in [9.17, 15) is 14.0 Å². The van der Waals surface area contributed by atoms with E-state index in [0.29, 0.717) is 0 Å². The van der Waals surface area contributed by atoms with Crippen LogP contribution in [0.3, 0.4) is 0 Å². The van der Waals surface area contributed by atoms with Gasteiger partial charge in [0, 0.05) is 6.04 Å². The molecule has 0 spiro atoms. The number of hydrogen-bond donors (Lipinski definition) is 3. The number of carboxylic acid groups (broad SMARTS) is 1. The molecule has 5 nitrogen and oxygen atoms in total. The number of rotatable bonds is 5. The predicted octanol–water partition coefficient (Wildman–Crippen LogP) is 1.46. The molecule has 0 fully saturated rings. The third-order valence-corrected chi connectivity index (χ3v) is 2.17. The van der Waals surface area contributed by atoms with Gasteiger partial charge in [0.25, 0.3) is 0 Å². The molecule has 18 heavy (non-hydrogen) atoms. The molecule has 1 amide bonds. The van der Waals surface area contributed by atoms with Crippen LogP contribution in [0, 0.1) is 5.82 Å². The van der Waals surface area contributed by atoms with Crippen molar-refractivity contribution >= 4 is 17.6 Å². The Hall–Kier alpha value is -1.95. The zero-order valence-electron chi connectivity index (χ0n) is 10.2. The lowest BCUT2D eigenvalue weighted by molar-refractivity contribution is -0.115. The zero-order chi connectivity index (χ0) is 13.7. The first-order chi connectivity index (χ1) is 8.41. The van der Waals surface area contributed by atoms with Gasteiger partial charge in [0.2, 0.25) is 5.91 Å². The highest BCUT2D eigenvalue weighted by Crippen LogP contribution is 2.18. The van der Waals surface area contributed by atoms with Gasteiger partial charge in [0.1, 0.15) is 11.4 Å². The van der Waals surface area contributed by atoms with Crippen LogP contribution in [0.15, 0.2) is 18.2 Å². The van der Waals surface area contributed by atoms with Crippen LogP contribution >= 0.6 is 0 Å². The SMILES string of the molecule is CC(C)NCC(=O)Nc1cccc(F)c1C(=O)O. The highest BCUT2D eigenvalue weighted by atomic mass is 19.1. The lowest BCUT2D eigenvalue weighted by Gasteiger charge is -2.11. The van der Waals surface area contributed by atoms with Gasteiger partial charge < -0.3 is 15.7 Å². The first-order valence-electron chi connectivity index (χ1n) is 5.47. The van der Waals surface area contributed by atoms with Crippen LogP contribution in [0.5, 0.6) is 0 Å². The molecule has 0 saturated carbocycles. The van der Waals surface area contributed by atoms with E-state index in [1.807, 2.05) is 13.8 Å². The zero-order valence-corrected chi connectivity index (χ0v) is 10.2. The first-order valence-corrected chi connectivity index (χ1v) is 5.47. The predicted molar refractivity (Wildman–Crippen MR) is 65.1 cm³/mol. The van der Waals surface area contributed by atoms with Crippen molar-refractivity contribution in [1.82, 2.24) is 5.32 Å². The van der Waals surface area contributed by atoms with Crippen molar-refractivity contribution in [3.8, 4) is 0 Å². The maximum absolute atomic E-state index is 13.3. The van der Waals surface area contributed by atoms with Gasteiger partial charge in [-0.05, 0) is 12.1 Å². The van der Waals surface area contributed by atoms with Crippen LogP contribution in [0.4, 0.5) is 10.1 Å². The molecule has 0 aromatic heterocycles. The Morgan fingerprint density at radius 3 is 2.61 bits per heavy atom. The Kier molecular flexibility index (Phi) is 4.79. The second kappa shape index (κ2) is 6.11. The van der Waals surface area contributed by atoms with E-state index in [1.165, 1.54) is 12.1 Å². The number of carboxylic acids is 1. The van der Waals surface area contributed by atoms with E-state index in [4.69, 9.17) is 5.11 Å². The van der Waals surface area contributed by atoms with Gasteiger partial charge in [-0.25, -0.2) is 9.18 Å². The van der Waals surface area contributed by atoms with Crippen molar-refractivity contribution < 1.29 is 19.1 Å². The highest BCUT2D eigenvalue weighted by molar-refractivity contribution is 6.01. The summed E-state index contributed by atoms with van der Waals surface area (Å²) in [6.45, 7) is 3.78. The van der Waals surface area contributed by atoms with Crippen molar-refractivity contribution in [2.75, 3.05) is 11.9 Å². The van der Waals surface area contributed by atoms with E-state index in [0.717, 1.165) is 6.07 Å². The Balaban J connectivity index is 2.81. The van der Waals surface area contributed by atoms with Gasteiger partial charge in [-0.3, -0.25) is 4.79 Å². The molecule has 0 aliphatic carbocycles. The van der Waals surface area contributed by atoms with Crippen molar-refractivity contribution in [2.45, 2.75) is 19.9 Å². The minimum Gasteiger partial charge on any atom is -0.478 e. The van der Waals surface area contributed by atoms with Crippen molar-refractivity contribution in [3.63, 3.8) is 0 Å². The molecule has 3 N–H and O–H groups in total. The molecule has 0 radical (unpaired) electrons. The van der Waals surface area contributed by atoms with Crippen LogP contribution in [0.25, 0.3) is 0 Å². The maximum Gasteiger partial charge on any atom is 0.340 e. The molecule has 0 heterocycles. The van der Waals surface area contributed by atoms with Gasteiger partial charge in [-0.2, -0.15) is 0 Å². The molecular weight excluding hydrogens is 239 g/mol. The average Bonchev–Trinajstić information content (AvgIpc) is 2.26. The molecular formula is C12H15FN2O3. The van der Waals surface area contributed by atoms with Crippen molar-refractivity contribution in [2.24, 2.45) is 0 Å². The number of carbonyl (C=O) groups excluding carboxylic acids is 1. The molecule has 0 bridgehead atoms. The molecule has 98 valence electrons. The van der Waals surface area contributed by atoms with E-state index >= 15 is 0 Å². The van der Waals surface area contributed by atoms with Crippen molar-refractivity contribution in [1.29, 1.82) is 0 Å². The van der Waals surface area contributed by atoms with Gasteiger partial charge in [0.05, 0.1) is 12.2 Å². The number of halogens is 1. The van der Waals surface area contributed by atoms with Crippen LogP contribution in [0.1, 0.15) is 24.2 Å². The molecule has 1 rings (SSSR count). The quantitative estimate of drug-likeness (QED) is 0.743. The lowest BCUT2D eigenvalue weighted by Crippen LogP contribution is -2.33. The maximum atomic E-state index is 13.3. The normalized spacial score (nSPS) is 10.4. The fourth-order valence-electron chi connectivity index (χ4n) is 1.34. The summed E-state index contributed by atoms with van der Waals surface area (Å²) in [6, 6.07) is 3.85.